The monoisotopic (exact) mass is 387 g/mol. The number of benzene rings is 2. The number of ether oxygens (including phenoxy) is 2. The van der Waals surface area contributed by atoms with Crippen molar-refractivity contribution in [3.05, 3.63) is 53.8 Å². The average Bonchev–Trinajstić information content (AvgIpc) is 2.67. The minimum atomic E-state index is -0.636. The number of amides is 3. The number of hydrogen-bond acceptors (Lipinski definition) is 5. The van der Waals surface area contributed by atoms with Crippen molar-refractivity contribution < 1.29 is 23.5 Å². The molecular formula is C20H22FN3O4. The van der Waals surface area contributed by atoms with E-state index in [-0.39, 0.29) is 12.4 Å². The molecule has 8 heteroatoms. The summed E-state index contributed by atoms with van der Waals surface area (Å²) in [6.07, 6.45) is 0. The molecule has 0 aromatic heterocycles. The summed E-state index contributed by atoms with van der Waals surface area (Å²) in [5.41, 5.74) is 1.25. The maximum atomic E-state index is 13.3. The van der Waals surface area contributed by atoms with Crippen molar-refractivity contribution in [2.45, 2.75) is 13.5 Å². The van der Waals surface area contributed by atoms with Crippen molar-refractivity contribution in [1.82, 2.24) is 10.2 Å². The Balaban J connectivity index is 1.51. The van der Waals surface area contributed by atoms with Crippen molar-refractivity contribution in [3.8, 4) is 11.5 Å². The lowest BCUT2D eigenvalue weighted by Gasteiger charge is -2.20. The first-order chi connectivity index (χ1) is 13.5. The van der Waals surface area contributed by atoms with E-state index in [1.54, 1.807) is 30.3 Å². The van der Waals surface area contributed by atoms with Gasteiger partial charge in [-0.3, -0.25) is 15.0 Å². The zero-order valence-electron chi connectivity index (χ0n) is 15.5. The van der Waals surface area contributed by atoms with Crippen molar-refractivity contribution in [2.75, 3.05) is 31.6 Å². The van der Waals surface area contributed by atoms with Crippen LogP contribution in [0.15, 0.2) is 42.5 Å². The number of anilines is 1. The molecule has 3 rings (SSSR count). The lowest BCUT2D eigenvalue weighted by atomic mass is 10.2. The van der Waals surface area contributed by atoms with Gasteiger partial charge in [0, 0.05) is 18.3 Å². The van der Waals surface area contributed by atoms with Crippen molar-refractivity contribution in [2.24, 2.45) is 0 Å². The van der Waals surface area contributed by atoms with Gasteiger partial charge in [-0.25, -0.2) is 9.18 Å². The van der Waals surface area contributed by atoms with E-state index >= 15 is 0 Å². The molecular weight excluding hydrogens is 365 g/mol. The minimum Gasteiger partial charge on any atom is -0.486 e. The molecule has 1 aliphatic rings. The molecule has 0 bridgehead atoms. The molecule has 0 fully saturated rings. The summed E-state index contributed by atoms with van der Waals surface area (Å²) < 4.78 is 24.2. The number of nitrogens with zero attached hydrogens (tertiary/aromatic N) is 1. The molecule has 28 heavy (non-hydrogen) atoms. The first-order valence-corrected chi connectivity index (χ1v) is 9.01. The number of imide groups is 1. The summed E-state index contributed by atoms with van der Waals surface area (Å²) in [6, 6.07) is 10.6. The third kappa shape index (κ3) is 5.43. The second-order valence-corrected chi connectivity index (χ2v) is 6.29. The molecule has 0 spiro atoms. The van der Waals surface area contributed by atoms with Crippen LogP contribution in [0.2, 0.25) is 0 Å². The van der Waals surface area contributed by atoms with Gasteiger partial charge in [-0.2, -0.15) is 0 Å². The van der Waals surface area contributed by atoms with Crippen molar-refractivity contribution in [3.63, 3.8) is 0 Å². The van der Waals surface area contributed by atoms with E-state index in [0.717, 1.165) is 5.56 Å². The smallest absolute Gasteiger partial charge is 0.325 e. The van der Waals surface area contributed by atoms with Crippen LogP contribution in [0, 0.1) is 5.82 Å². The number of fused-ring (bicyclic) bond motifs is 1. The largest absolute Gasteiger partial charge is 0.486 e. The highest BCUT2D eigenvalue weighted by Gasteiger charge is 2.15. The Hall–Kier alpha value is -3.13. The number of carbonyl (C=O) groups is 2. The topological polar surface area (TPSA) is 79.9 Å². The lowest BCUT2D eigenvalue weighted by molar-refractivity contribution is -0.121. The molecule has 1 heterocycles. The van der Waals surface area contributed by atoms with E-state index in [4.69, 9.17) is 9.47 Å². The fourth-order valence-corrected chi connectivity index (χ4v) is 2.83. The number of hydrogen-bond donors (Lipinski definition) is 2. The van der Waals surface area contributed by atoms with E-state index in [1.807, 2.05) is 11.8 Å². The fraction of sp³-hybridized carbons (Fsp3) is 0.300. The van der Waals surface area contributed by atoms with Crippen LogP contribution in [-0.2, 0) is 11.3 Å². The number of nitrogens with one attached hydrogen (secondary N) is 2. The van der Waals surface area contributed by atoms with Crippen LogP contribution in [0.5, 0.6) is 11.5 Å². The molecule has 2 aromatic carbocycles. The molecule has 0 atom stereocenters. The zero-order chi connectivity index (χ0) is 19.9. The van der Waals surface area contributed by atoms with Crippen LogP contribution in [0.4, 0.5) is 14.9 Å². The van der Waals surface area contributed by atoms with Gasteiger partial charge in [0.15, 0.2) is 11.5 Å². The zero-order valence-corrected chi connectivity index (χ0v) is 15.5. The Morgan fingerprint density at radius 3 is 2.64 bits per heavy atom. The quantitative estimate of drug-likeness (QED) is 0.797. The number of likely N-dealkylation sites (N-methyl/N-ethyl adjacent to an activating group) is 1. The van der Waals surface area contributed by atoms with Gasteiger partial charge in [0.1, 0.15) is 19.0 Å². The molecule has 1 aliphatic heterocycles. The summed E-state index contributed by atoms with van der Waals surface area (Å²) in [4.78, 5) is 26.1. The number of urea groups is 1. The first-order valence-electron chi connectivity index (χ1n) is 9.01. The van der Waals surface area contributed by atoms with Gasteiger partial charge in [-0.1, -0.05) is 19.1 Å². The lowest BCUT2D eigenvalue weighted by Crippen LogP contribution is -2.41. The molecule has 3 amide bonds. The maximum absolute atomic E-state index is 13.3. The van der Waals surface area contributed by atoms with Crippen LogP contribution in [0.25, 0.3) is 0 Å². The highest BCUT2D eigenvalue weighted by molar-refractivity contribution is 6.01. The maximum Gasteiger partial charge on any atom is 0.325 e. The number of halogens is 1. The molecule has 0 saturated heterocycles. The first kappa shape index (κ1) is 19.6. The van der Waals surface area contributed by atoms with Gasteiger partial charge in [0.05, 0.1) is 6.54 Å². The van der Waals surface area contributed by atoms with E-state index in [9.17, 15) is 14.0 Å². The van der Waals surface area contributed by atoms with Gasteiger partial charge >= 0.3 is 6.03 Å². The Bertz CT molecular complexity index is 859. The summed E-state index contributed by atoms with van der Waals surface area (Å²) in [6.45, 7) is 3.82. The summed E-state index contributed by atoms with van der Waals surface area (Å²) >= 11 is 0. The van der Waals surface area contributed by atoms with E-state index in [1.165, 1.54) is 12.1 Å². The summed E-state index contributed by atoms with van der Waals surface area (Å²) in [5, 5.41) is 4.89. The predicted octanol–water partition coefficient (Wildman–Crippen LogP) is 2.77. The van der Waals surface area contributed by atoms with Crippen LogP contribution in [0.1, 0.15) is 12.5 Å². The molecule has 7 nitrogen and oxygen atoms in total. The van der Waals surface area contributed by atoms with E-state index in [2.05, 4.69) is 10.6 Å². The van der Waals surface area contributed by atoms with Gasteiger partial charge in [0.2, 0.25) is 5.91 Å². The SMILES string of the molecule is CCN(CC(=O)NC(=O)Nc1ccc2c(c1)OCCO2)Cc1cccc(F)c1. The Labute approximate surface area is 162 Å². The second-order valence-electron chi connectivity index (χ2n) is 6.29. The third-order valence-corrected chi connectivity index (χ3v) is 4.16. The Kier molecular flexibility index (Phi) is 6.44. The van der Waals surface area contributed by atoms with Crippen LogP contribution >= 0.6 is 0 Å². The highest BCUT2D eigenvalue weighted by atomic mass is 19.1. The molecule has 0 unspecified atom stereocenters. The Morgan fingerprint density at radius 2 is 1.89 bits per heavy atom. The standard InChI is InChI=1S/C20H22FN3O4/c1-2-24(12-14-4-3-5-15(21)10-14)13-19(25)23-20(26)22-16-6-7-17-18(11-16)28-9-8-27-17/h3-7,10-11H,2,8-9,12-13H2,1H3,(H2,22,23,25,26). The normalized spacial score (nSPS) is 12.5. The molecule has 148 valence electrons. The van der Waals surface area contributed by atoms with Crippen LogP contribution < -0.4 is 20.1 Å². The molecule has 0 aliphatic carbocycles. The van der Waals surface area contributed by atoms with E-state index in [0.29, 0.717) is 43.5 Å². The van der Waals surface area contributed by atoms with Crippen molar-refractivity contribution >= 4 is 17.6 Å². The second kappa shape index (κ2) is 9.18. The highest BCUT2D eigenvalue weighted by Crippen LogP contribution is 2.32. The summed E-state index contributed by atoms with van der Waals surface area (Å²) in [7, 11) is 0. The number of rotatable bonds is 6. The molecule has 2 N–H and O–H groups in total. The van der Waals surface area contributed by atoms with Crippen LogP contribution in [-0.4, -0.2) is 43.1 Å². The summed E-state index contributed by atoms with van der Waals surface area (Å²) in [5.74, 6) is 0.386. The van der Waals surface area contributed by atoms with E-state index < -0.39 is 11.9 Å². The molecule has 0 saturated carbocycles. The fourth-order valence-electron chi connectivity index (χ4n) is 2.83. The minimum absolute atomic E-state index is 0.0154. The third-order valence-electron chi connectivity index (χ3n) is 4.16. The van der Waals surface area contributed by atoms with Gasteiger partial charge < -0.3 is 14.8 Å². The average molecular weight is 387 g/mol. The van der Waals surface area contributed by atoms with Crippen LogP contribution in [0.3, 0.4) is 0 Å². The molecule has 2 aromatic rings. The predicted molar refractivity (Wildman–Crippen MR) is 102 cm³/mol. The van der Waals surface area contributed by atoms with Gasteiger partial charge in [0.25, 0.3) is 0 Å². The van der Waals surface area contributed by atoms with Crippen molar-refractivity contribution in [1.29, 1.82) is 0 Å². The van der Waals surface area contributed by atoms with Gasteiger partial charge in [-0.15, -0.1) is 0 Å². The number of carbonyl (C=O) groups excluding carboxylic acids is 2. The van der Waals surface area contributed by atoms with Gasteiger partial charge in [-0.05, 0) is 36.4 Å². The Morgan fingerprint density at radius 1 is 1.11 bits per heavy atom. The molecule has 0 radical (unpaired) electrons.